The molecule has 1 heterocycles. The van der Waals surface area contributed by atoms with Crippen LogP contribution in [0, 0.1) is 0 Å². The minimum Gasteiger partial charge on any atom is -0.491 e. The minimum atomic E-state index is -0.392. The van der Waals surface area contributed by atoms with Gasteiger partial charge in [0, 0.05) is 6.07 Å². The number of nitrogens with zero attached hydrogens (tertiary/aromatic N) is 1. The van der Waals surface area contributed by atoms with Crippen molar-refractivity contribution in [3.05, 3.63) is 18.5 Å². The van der Waals surface area contributed by atoms with Gasteiger partial charge in [0.15, 0.2) is 0 Å². The van der Waals surface area contributed by atoms with Crippen LogP contribution in [0.1, 0.15) is 6.42 Å². The van der Waals surface area contributed by atoms with Gasteiger partial charge in [-0.05, 0) is 0 Å². The van der Waals surface area contributed by atoms with Gasteiger partial charge in [-0.25, -0.2) is 0 Å². The van der Waals surface area contributed by atoms with E-state index in [4.69, 9.17) is 16.2 Å². The number of hydrogen-bond acceptors (Lipinski definition) is 4. The summed E-state index contributed by atoms with van der Waals surface area (Å²) in [5, 5.41) is 0. The van der Waals surface area contributed by atoms with Gasteiger partial charge in [-0.3, -0.25) is 9.78 Å². The Morgan fingerprint density at radius 2 is 2.31 bits per heavy atom. The van der Waals surface area contributed by atoms with Crippen molar-refractivity contribution in [3.63, 3.8) is 0 Å². The molecule has 1 amide bonds. The Morgan fingerprint density at radius 3 is 2.92 bits per heavy atom. The van der Waals surface area contributed by atoms with Crippen LogP contribution in [0.25, 0.3) is 0 Å². The molecule has 0 radical (unpaired) electrons. The number of anilines is 1. The van der Waals surface area contributed by atoms with Crippen molar-refractivity contribution < 1.29 is 9.53 Å². The number of pyridine rings is 1. The maximum Gasteiger partial charge on any atom is 0.220 e. The molecule has 0 unspecified atom stereocenters. The van der Waals surface area contributed by atoms with E-state index in [0.717, 1.165) is 0 Å². The molecule has 5 nitrogen and oxygen atoms in total. The van der Waals surface area contributed by atoms with E-state index in [0.29, 0.717) is 11.4 Å². The summed E-state index contributed by atoms with van der Waals surface area (Å²) >= 11 is 0. The first kappa shape index (κ1) is 9.31. The quantitative estimate of drug-likeness (QED) is 0.679. The molecule has 0 aliphatic carbocycles. The van der Waals surface area contributed by atoms with E-state index >= 15 is 0 Å². The van der Waals surface area contributed by atoms with Gasteiger partial charge >= 0.3 is 0 Å². The third-order valence-corrected chi connectivity index (χ3v) is 1.35. The van der Waals surface area contributed by atoms with Gasteiger partial charge < -0.3 is 16.2 Å². The van der Waals surface area contributed by atoms with Crippen LogP contribution in [0.4, 0.5) is 5.69 Å². The summed E-state index contributed by atoms with van der Waals surface area (Å²) in [6, 6.07) is 1.63. The topological polar surface area (TPSA) is 91.2 Å². The highest BCUT2D eigenvalue weighted by Gasteiger charge is 1.97. The lowest BCUT2D eigenvalue weighted by Gasteiger charge is -2.03. The van der Waals surface area contributed by atoms with Crippen LogP contribution in [-0.2, 0) is 4.79 Å². The monoisotopic (exact) mass is 181 g/mol. The average molecular weight is 181 g/mol. The Bertz CT molecular complexity index is 301. The predicted molar refractivity (Wildman–Crippen MR) is 48.0 cm³/mol. The maximum absolute atomic E-state index is 10.4. The molecular formula is C8H11N3O2. The van der Waals surface area contributed by atoms with Crippen LogP contribution in [0.2, 0.25) is 0 Å². The lowest BCUT2D eigenvalue weighted by molar-refractivity contribution is -0.118. The number of hydrogen-bond donors (Lipinski definition) is 2. The molecule has 0 aromatic carbocycles. The summed E-state index contributed by atoms with van der Waals surface area (Å²) in [5.41, 5.74) is 10.9. The summed E-state index contributed by atoms with van der Waals surface area (Å²) in [6.45, 7) is 0.250. The van der Waals surface area contributed by atoms with E-state index in [1.165, 1.54) is 12.4 Å². The van der Waals surface area contributed by atoms with Crippen molar-refractivity contribution in [1.82, 2.24) is 4.98 Å². The molecule has 0 aliphatic rings. The molecule has 0 fully saturated rings. The number of nitrogens with two attached hydrogens (primary N) is 2. The van der Waals surface area contributed by atoms with Gasteiger partial charge in [-0.15, -0.1) is 0 Å². The van der Waals surface area contributed by atoms with Crippen LogP contribution in [0.15, 0.2) is 18.5 Å². The van der Waals surface area contributed by atoms with E-state index in [2.05, 4.69) is 4.98 Å². The predicted octanol–water partition coefficient (Wildman–Crippen LogP) is -0.0820. The number of primary amides is 1. The fourth-order valence-electron chi connectivity index (χ4n) is 0.784. The molecule has 13 heavy (non-hydrogen) atoms. The Kier molecular flexibility index (Phi) is 3.08. The Labute approximate surface area is 75.7 Å². The van der Waals surface area contributed by atoms with Crippen LogP contribution >= 0.6 is 0 Å². The fraction of sp³-hybridized carbons (Fsp3) is 0.250. The molecule has 0 bridgehead atoms. The SMILES string of the molecule is NC(=O)CCOc1cncc(N)c1. The molecule has 0 saturated carbocycles. The summed E-state index contributed by atoms with van der Waals surface area (Å²) < 4.78 is 5.15. The molecular weight excluding hydrogens is 170 g/mol. The standard InChI is InChI=1S/C8H11N3O2/c9-6-3-7(5-11-4-6)13-2-1-8(10)12/h3-5H,1-2,9H2,(H2,10,12). The largest absolute Gasteiger partial charge is 0.491 e. The van der Waals surface area contributed by atoms with Gasteiger partial charge in [0.1, 0.15) is 5.75 Å². The highest BCUT2D eigenvalue weighted by molar-refractivity contribution is 5.73. The third-order valence-electron chi connectivity index (χ3n) is 1.35. The van der Waals surface area contributed by atoms with Gasteiger partial charge in [0.05, 0.1) is 31.1 Å². The van der Waals surface area contributed by atoms with Gasteiger partial charge in [0.25, 0.3) is 0 Å². The molecule has 0 saturated heterocycles. The molecule has 0 aliphatic heterocycles. The van der Waals surface area contributed by atoms with Gasteiger partial charge in [-0.2, -0.15) is 0 Å². The first-order chi connectivity index (χ1) is 6.18. The zero-order chi connectivity index (χ0) is 9.68. The molecule has 0 spiro atoms. The number of rotatable bonds is 4. The van der Waals surface area contributed by atoms with Crippen LogP contribution in [-0.4, -0.2) is 17.5 Å². The Balaban J connectivity index is 2.41. The zero-order valence-electron chi connectivity index (χ0n) is 7.06. The van der Waals surface area contributed by atoms with E-state index in [-0.39, 0.29) is 13.0 Å². The van der Waals surface area contributed by atoms with Crippen molar-refractivity contribution in [2.75, 3.05) is 12.3 Å². The smallest absolute Gasteiger partial charge is 0.220 e. The lowest BCUT2D eigenvalue weighted by atomic mass is 10.4. The normalized spacial score (nSPS) is 9.54. The maximum atomic E-state index is 10.4. The van der Waals surface area contributed by atoms with Crippen molar-refractivity contribution in [3.8, 4) is 5.75 Å². The molecule has 4 N–H and O–H groups in total. The van der Waals surface area contributed by atoms with E-state index in [1.807, 2.05) is 0 Å². The molecule has 1 aromatic rings. The summed E-state index contributed by atoms with van der Waals surface area (Å²) in [5.74, 6) is 0.151. The van der Waals surface area contributed by atoms with Crippen molar-refractivity contribution in [1.29, 1.82) is 0 Å². The van der Waals surface area contributed by atoms with E-state index < -0.39 is 5.91 Å². The summed E-state index contributed by atoms with van der Waals surface area (Å²) in [6.07, 6.45) is 3.23. The van der Waals surface area contributed by atoms with Crippen LogP contribution in [0.5, 0.6) is 5.75 Å². The second-order valence-electron chi connectivity index (χ2n) is 2.52. The Morgan fingerprint density at radius 1 is 1.54 bits per heavy atom. The summed E-state index contributed by atoms with van der Waals surface area (Å²) in [4.78, 5) is 14.2. The van der Waals surface area contributed by atoms with Crippen LogP contribution < -0.4 is 16.2 Å². The van der Waals surface area contributed by atoms with Crippen LogP contribution in [0.3, 0.4) is 0 Å². The van der Waals surface area contributed by atoms with Crippen molar-refractivity contribution in [2.24, 2.45) is 5.73 Å². The fourth-order valence-corrected chi connectivity index (χ4v) is 0.784. The first-order valence-electron chi connectivity index (χ1n) is 3.80. The average Bonchev–Trinajstić information content (AvgIpc) is 2.03. The van der Waals surface area contributed by atoms with Gasteiger partial charge in [0.2, 0.25) is 5.91 Å². The molecule has 1 rings (SSSR count). The number of carbonyl (C=O) groups is 1. The Hall–Kier alpha value is -1.78. The molecule has 0 atom stereocenters. The molecule has 5 heteroatoms. The number of carbonyl (C=O) groups excluding carboxylic acids is 1. The third kappa shape index (κ3) is 3.42. The number of nitrogen functional groups attached to an aromatic ring is 1. The highest BCUT2D eigenvalue weighted by atomic mass is 16.5. The van der Waals surface area contributed by atoms with Crippen molar-refractivity contribution in [2.45, 2.75) is 6.42 Å². The van der Waals surface area contributed by atoms with Gasteiger partial charge in [-0.1, -0.05) is 0 Å². The molecule has 1 aromatic heterocycles. The second-order valence-corrected chi connectivity index (χ2v) is 2.52. The number of aromatic nitrogens is 1. The van der Waals surface area contributed by atoms with Crippen molar-refractivity contribution >= 4 is 11.6 Å². The number of ether oxygens (including phenoxy) is 1. The second kappa shape index (κ2) is 4.30. The summed E-state index contributed by atoms with van der Waals surface area (Å²) in [7, 11) is 0. The lowest BCUT2D eigenvalue weighted by Crippen LogP contribution is -2.14. The highest BCUT2D eigenvalue weighted by Crippen LogP contribution is 2.11. The van der Waals surface area contributed by atoms with E-state index in [9.17, 15) is 4.79 Å². The number of amides is 1. The molecule has 70 valence electrons. The zero-order valence-corrected chi connectivity index (χ0v) is 7.06. The first-order valence-corrected chi connectivity index (χ1v) is 3.80. The van der Waals surface area contributed by atoms with E-state index in [1.54, 1.807) is 6.07 Å². The minimum absolute atomic E-state index is 0.189.